The van der Waals surface area contributed by atoms with Crippen LogP contribution in [0.1, 0.15) is 35.4 Å². The Morgan fingerprint density at radius 2 is 1.80 bits per heavy atom. The van der Waals surface area contributed by atoms with Crippen LogP contribution in [0, 0.1) is 5.92 Å². The number of fused-ring (bicyclic) bond motifs is 1. The summed E-state index contributed by atoms with van der Waals surface area (Å²) in [5.41, 5.74) is -2.11. The molecule has 0 fully saturated rings. The molecule has 2 aromatic heterocycles. The number of aldehydes is 1. The van der Waals surface area contributed by atoms with Crippen molar-refractivity contribution in [3.8, 4) is 11.5 Å². The van der Waals surface area contributed by atoms with Crippen molar-refractivity contribution in [1.82, 2.24) is 24.0 Å². The van der Waals surface area contributed by atoms with E-state index in [0.717, 1.165) is 23.6 Å². The van der Waals surface area contributed by atoms with E-state index in [1.165, 1.54) is 18.5 Å². The van der Waals surface area contributed by atoms with Crippen LogP contribution < -0.4 is 0 Å². The van der Waals surface area contributed by atoms with Crippen LogP contribution >= 0.6 is 0 Å². The Hall–Kier alpha value is -2.84. The van der Waals surface area contributed by atoms with Gasteiger partial charge in [0.1, 0.15) is 22.9 Å². The molecule has 0 spiro atoms. The fourth-order valence-corrected chi connectivity index (χ4v) is 5.17. The molecule has 0 saturated carbocycles. The Balaban J connectivity index is 2.28. The molecule has 1 atom stereocenters. The largest absolute Gasteiger partial charge is 0.431 e. The molecular weight excluding hydrogens is 504 g/mol. The number of sulfone groups is 1. The first-order chi connectivity index (χ1) is 16.0. The molecule has 3 rings (SSSR count). The molecule has 3 heterocycles. The number of nitrogens with zero attached hydrogens (tertiary/aromatic N) is 5. The smallest absolute Gasteiger partial charge is 0.374 e. The van der Waals surface area contributed by atoms with Crippen molar-refractivity contribution < 1.29 is 39.6 Å². The predicted molar refractivity (Wildman–Crippen MR) is 113 cm³/mol. The van der Waals surface area contributed by atoms with Gasteiger partial charge in [-0.25, -0.2) is 18.4 Å². The summed E-state index contributed by atoms with van der Waals surface area (Å²) in [7, 11) is -0.460. The Kier molecular flexibility index (Phi) is 6.87. The van der Waals surface area contributed by atoms with Gasteiger partial charge >= 0.3 is 12.4 Å². The highest BCUT2D eigenvalue weighted by atomic mass is 32.2. The SMILES string of the molecule is CCS(=O)(=O)c1c(-c2nc(/C=C(\N(C)C)C(F)(F)F)c(C=O)n2C)nc2n1CCC(C(F)(F)F)C2. The van der Waals surface area contributed by atoms with Gasteiger partial charge in [0.15, 0.2) is 27.0 Å². The van der Waals surface area contributed by atoms with Crippen LogP contribution in [0.2, 0.25) is 0 Å². The molecule has 0 radical (unpaired) electrons. The zero-order valence-corrected chi connectivity index (χ0v) is 20.0. The van der Waals surface area contributed by atoms with E-state index in [4.69, 9.17) is 0 Å². The second kappa shape index (κ2) is 8.99. The number of alkyl halides is 6. The van der Waals surface area contributed by atoms with Crippen LogP contribution in [-0.4, -0.2) is 70.9 Å². The second-order valence-corrected chi connectivity index (χ2v) is 10.5. The lowest BCUT2D eigenvalue weighted by molar-refractivity contribution is -0.179. The molecule has 15 heteroatoms. The topological polar surface area (TPSA) is 90.1 Å². The monoisotopic (exact) mass is 527 g/mol. The summed E-state index contributed by atoms with van der Waals surface area (Å²) >= 11 is 0. The number of allylic oxidation sites excluding steroid dienone is 1. The molecule has 0 bridgehead atoms. The van der Waals surface area contributed by atoms with Gasteiger partial charge in [0.2, 0.25) is 0 Å². The van der Waals surface area contributed by atoms with Gasteiger partial charge in [-0.05, 0) is 12.5 Å². The van der Waals surface area contributed by atoms with Crippen LogP contribution in [0.3, 0.4) is 0 Å². The maximum absolute atomic E-state index is 13.5. The van der Waals surface area contributed by atoms with Crippen molar-refractivity contribution in [2.75, 3.05) is 19.8 Å². The molecule has 8 nitrogen and oxygen atoms in total. The van der Waals surface area contributed by atoms with E-state index in [0.29, 0.717) is 6.08 Å². The Morgan fingerprint density at radius 3 is 2.29 bits per heavy atom. The lowest BCUT2D eigenvalue weighted by atomic mass is 9.97. The number of hydrogen-bond donors (Lipinski definition) is 0. The standard InChI is InChI=1S/C20H23F6N5O3S/c1-5-35(33,34)18-16(28-15-8-11(19(21,22)23)6-7-31(15)18)17-27-12(13(10-32)30(17)4)9-14(29(2)3)20(24,25)26/h9-11H,5-8H2,1-4H3/b14-9-. The third kappa shape index (κ3) is 4.95. The number of imidazole rings is 2. The normalized spacial score (nSPS) is 17.4. The van der Waals surface area contributed by atoms with Gasteiger partial charge in [-0.3, -0.25) is 4.79 Å². The van der Waals surface area contributed by atoms with Crippen LogP contribution in [-0.2, 0) is 29.9 Å². The summed E-state index contributed by atoms with van der Waals surface area (Å²) < 4.78 is 108. The minimum Gasteiger partial charge on any atom is -0.374 e. The van der Waals surface area contributed by atoms with Crippen molar-refractivity contribution in [2.45, 2.75) is 43.7 Å². The van der Waals surface area contributed by atoms with Gasteiger partial charge < -0.3 is 14.0 Å². The number of carbonyl (C=O) groups excluding carboxylic acids is 1. The molecule has 0 amide bonds. The third-order valence-corrected chi connectivity index (χ3v) is 7.57. The van der Waals surface area contributed by atoms with Crippen molar-refractivity contribution in [3.63, 3.8) is 0 Å². The highest BCUT2D eigenvalue weighted by molar-refractivity contribution is 7.91. The quantitative estimate of drug-likeness (QED) is 0.422. The van der Waals surface area contributed by atoms with Gasteiger partial charge in [-0.15, -0.1) is 0 Å². The lowest BCUT2D eigenvalue weighted by Crippen LogP contribution is -2.32. The van der Waals surface area contributed by atoms with Crippen LogP contribution in [0.15, 0.2) is 10.7 Å². The minimum atomic E-state index is -4.78. The Labute approximate surface area is 197 Å². The highest BCUT2D eigenvalue weighted by Crippen LogP contribution is 2.39. The summed E-state index contributed by atoms with van der Waals surface area (Å²) in [6.07, 6.45) is -9.31. The summed E-state index contributed by atoms with van der Waals surface area (Å²) in [5.74, 6) is -2.50. The maximum Gasteiger partial charge on any atom is 0.431 e. The fraction of sp³-hybridized carbons (Fsp3) is 0.550. The zero-order chi connectivity index (χ0) is 26.5. The Bertz CT molecular complexity index is 1270. The summed E-state index contributed by atoms with van der Waals surface area (Å²) in [6.45, 7) is 1.08. The molecule has 1 aliphatic rings. The molecule has 0 aromatic carbocycles. The first kappa shape index (κ1) is 26.8. The molecule has 1 unspecified atom stereocenters. The van der Waals surface area contributed by atoms with E-state index in [2.05, 4.69) is 9.97 Å². The van der Waals surface area contributed by atoms with E-state index in [9.17, 15) is 39.6 Å². The van der Waals surface area contributed by atoms with E-state index in [1.54, 1.807) is 0 Å². The number of carbonyl (C=O) groups is 1. The molecule has 35 heavy (non-hydrogen) atoms. The van der Waals surface area contributed by atoms with Crippen LogP contribution in [0.25, 0.3) is 17.6 Å². The average molecular weight is 527 g/mol. The van der Waals surface area contributed by atoms with E-state index < -0.39 is 51.7 Å². The molecule has 1 aliphatic heterocycles. The van der Waals surface area contributed by atoms with Gasteiger partial charge in [-0.1, -0.05) is 6.92 Å². The summed E-state index contributed by atoms with van der Waals surface area (Å²) in [6, 6.07) is 0. The fourth-order valence-electron chi connectivity index (χ4n) is 3.94. The third-order valence-electron chi connectivity index (χ3n) is 5.80. The Morgan fingerprint density at radius 1 is 1.17 bits per heavy atom. The zero-order valence-electron chi connectivity index (χ0n) is 19.2. The molecule has 0 N–H and O–H groups in total. The number of aromatic nitrogens is 4. The minimum absolute atomic E-state index is 0.127. The van der Waals surface area contributed by atoms with Crippen molar-refractivity contribution in [1.29, 1.82) is 0 Å². The molecule has 2 aromatic rings. The first-order valence-electron chi connectivity index (χ1n) is 10.4. The van der Waals surface area contributed by atoms with Gasteiger partial charge in [0, 0.05) is 34.1 Å². The van der Waals surface area contributed by atoms with E-state index >= 15 is 0 Å². The van der Waals surface area contributed by atoms with Gasteiger partial charge in [-0.2, -0.15) is 26.3 Å². The predicted octanol–water partition coefficient (Wildman–Crippen LogP) is 3.48. The molecular formula is C20H23F6N5O3S. The molecule has 0 saturated heterocycles. The van der Waals surface area contributed by atoms with Crippen LogP contribution in [0.4, 0.5) is 26.3 Å². The van der Waals surface area contributed by atoms with Crippen molar-refractivity contribution in [2.24, 2.45) is 13.0 Å². The first-order valence-corrected chi connectivity index (χ1v) is 12.1. The van der Waals surface area contributed by atoms with Crippen LogP contribution in [0.5, 0.6) is 0 Å². The molecule has 194 valence electrons. The van der Waals surface area contributed by atoms with E-state index in [1.807, 2.05) is 0 Å². The number of halogens is 6. The van der Waals surface area contributed by atoms with Gasteiger partial charge in [0.25, 0.3) is 0 Å². The maximum atomic E-state index is 13.5. The summed E-state index contributed by atoms with van der Waals surface area (Å²) in [4.78, 5) is 20.7. The number of rotatable bonds is 6. The van der Waals surface area contributed by atoms with E-state index in [-0.39, 0.29) is 47.3 Å². The van der Waals surface area contributed by atoms with Crippen molar-refractivity contribution in [3.05, 3.63) is 22.9 Å². The lowest BCUT2D eigenvalue weighted by Gasteiger charge is -2.26. The van der Waals surface area contributed by atoms with Crippen molar-refractivity contribution >= 4 is 22.2 Å². The molecule has 0 aliphatic carbocycles. The summed E-state index contributed by atoms with van der Waals surface area (Å²) in [5, 5.41) is -0.375. The second-order valence-electron chi connectivity index (χ2n) is 8.27. The average Bonchev–Trinajstić information content (AvgIpc) is 3.27. The highest BCUT2D eigenvalue weighted by Gasteiger charge is 2.44. The number of hydrogen-bond acceptors (Lipinski definition) is 6. The van der Waals surface area contributed by atoms with Gasteiger partial charge in [0.05, 0.1) is 17.4 Å².